The van der Waals surface area contributed by atoms with E-state index in [4.69, 9.17) is 4.74 Å². The maximum absolute atomic E-state index is 5.36. The summed E-state index contributed by atoms with van der Waals surface area (Å²) in [6, 6.07) is 0.685. The van der Waals surface area contributed by atoms with Gasteiger partial charge in [-0.3, -0.25) is 0 Å². The zero-order chi connectivity index (χ0) is 6.97. The van der Waals surface area contributed by atoms with Gasteiger partial charge in [0.2, 0.25) is 0 Å². The van der Waals surface area contributed by atoms with E-state index in [1.807, 2.05) is 7.11 Å². The molecule has 0 radical (unpaired) electrons. The monoisotopic (exact) mass is 141 g/mol. The maximum Gasteiger partial charge on any atom is 0.0739 e. The van der Waals surface area contributed by atoms with Crippen LogP contribution in [0, 0.1) is 5.92 Å². The van der Waals surface area contributed by atoms with Gasteiger partial charge in [-0.2, -0.15) is 0 Å². The third-order valence-corrected chi connectivity index (χ3v) is 2.64. The summed E-state index contributed by atoms with van der Waals surface area (Å²) in [5.41, 5.74) is 0. The molecule has 2 atom stereocenters. The molecule has 2 nitrogen and oxygen atoms in total. The Morgan fingerprint density at radius 1 is 1.30 bits per heavy atom. The average molecular weight is 141 g/mol. The molecule has 10 heavy (non-hydrogen) atoms. The van der Waals surface area contributed by atoms with Crippen molar-refractivity contribution in [1.29, 1.82) is 0 Å². The number of nitrogens with one attached hydrogen (secondary N) is 1. The second kappa shape index (κ2) is 2.51. The molecule has 1 saturated heterocycles. The summed E-state index contributed by atoms with van der Waals surface area (Å²) in [5.74, 6) is 0.937. The summed E-state index contributed by atoms with van der Waals surface area (Å²) in [5, 5.41) is 3.49. The van der Waals surface area contributed by atoms with Crippen LogP contribution in [0.1, 0.15) is 19.3 Å². The van der Waals surface area contributed by atoms with E-state index in [2.05, 4.69) is 5.32 Å². The van der Waals surface area contributed by atoms with Gasteiger partial charge in [0.05, 0.1) is 6.10 Å². The van der Waals surface area contributed by atoms with Crippen molar-refractivity contribution in [3.63, 3.8) is 0 Å². The molecule has 0 bridgehead atoms. The molecular formula is C8H15NO. The third kappa shape index (κ3) is 1.06. The smallest absolute Gasteiger partial charge is 0.0739 e. The third-order valence-electron chi connectivity index (χ3n) is 2.64. The van der Waals surface area contributed by atoms with Crippen LogP contribution in [0.3, 0.4) is 0 Å². The van der Waals surface area contributed by atoms with E-state index in [0.29, 0.717) is 12.1 Å². The lowest BCUT2D eigenvalue weighted by molar-refractivity contribution is 0.0858. The fraction of sp³-hybridized carbons (Fsp3) is 1.00. The van der Waals surface area contributed by atoms with E-state index < -0.39 is 0 Å². The Balaban J connectivity index is 1.91. The second-order valence-corrected chi connectivity index (χ2v) is 3.38. The molecule has 0 aromatic carbocycles. The molecule has 2 fully saturated rings. The summed E-state index contributed by atoms with van der Waals surface area (Å²) in [6.45, 7) is 1.15. The lowest BCUT2D eigenvalue weighted by Gasteiger charge is -2.16. The van der Waals surface area contributed by atoms with Crippen molar-refractivity contribution in [3.05, 3.63) is 0 Å². The van der Waals surface area contributed by atoms with Gasteiger partial charge in [-0.15, -0.1) is 0 Å². The standard InChI is InChI=1S/C8H15NO/c1-10-7-4-5-9-8(7)6-2-3-6/h6-9H,2-5H2,1H3/t7-,8-/m1/s1. The first-order chi connectivity index (χ1) is 4.92. The predicted molar refractivity (Wildman–Crippen MR) is 39.9 cm³/mol. The van der Waals surface area contributed by atoms with Gasteiger partial charge in [0.15, 0.2) is 0 Å². The van der Waals surface area contributed by atoms with E-state index in [0.717, 1.165) is 12.5 Å². The fourth-order valence-electron chi connectivity index (χ4n) is 1.89. The molecule has 2 heteroatoms. The summed E-state index contributed by atoms with van der Waals surface area (Å²) in [6.07, 6.45) is 4.54. The van der Waals surface area contributed by atoms with E-state index in [1.54, 1.807) is 0 Å². The van der Waals surface area contributed by atoms with Crippen molar-refractivity contribution in [2.24, 2.45) is 5.92 Å². The summed E-state index contributed by atoms with van der Waals surface area (Å²) >= 11 is 0. The minimum Gasteiger partial charge on any atom is -0.380 e. The van der Waals surface area contributed by atoms with E-state index in [1.165, 1.54) is 19.3 Å². The molecule has 1 N–H and O–H groups in total. The SMILES string of the molecule is CO[C@@H]1CCN[C@@H]1C1CC1. The van der Waals surface area contributed by atoms with Crippen LogP contribution in [0.15, 0.2) is 0 Å². The molecule has 1 aliphatic carbocycles. The van der Waals surface area contributed by atoms with Gasteiger partial charge in [-0.05, 0) is 31.7 Å². The molecular weight excluding hydrogens is 126 g/mol. The zero-order valence-corrected chi connectivity index (χ0v) is 6.47. The minimum atomic E-state index is 0.507. The first-order valence-electron chi connectivity index (χ1n) is 4.18. The molecule has 1 saturated carbocycles. The Labute approximate surface area is 61.9 Å². The van der Waals surface area contributed by atoms with Crippen molar-refractivity contribution in [3.8, 4) is 0 Å². The van der Waals surface area contributed by atoms with Crippen LogP contribution in [0.5, 0.6) is 0 Å². The number of hydrogen-bond acceptors (Lipinski definition) is 2. The molecule has 0 aromatic heterocycles. The lowest BCUT2D eigenvalue weighted by Crippen LogP contribution is -2.33. The Kier molecular flexibility index (Phi) is 1.66. The number of rotatable bonds is 2. The van der Waals surface area contributed by atoms with Gasteiger partial charge in [0.1, 0.15) is 0 Å². The van der Waals surface area contributed by atoms with Crippen molar-refractivity contribution >= 4 is 0 Å². The van der Waals surface area contributed by atoms with Crippen molar-refractivity contribution < 1.29 is 4.74 Å². The minimum absolute atomic E-state index is 0.507. The fourth-order valence-corrected chi connectivity index (χ4v) is 1.89. The number of hydrogen-bond donors (Lipinski definition) is 1. The Hall–Kier alpha value is -0.0800. The van der Waals surface area contributed by atoms with Gasteiger partial charge in [0.25, 0.3) is 0 Å². The van der Waals surface area contributed by atoms with Crippen LogP contribution in [-0.2, 0) is 4.74 Å². The zero-order valence-electron chi connectivity index (χ0n) is 6.47. The van der Waals surface area contributed by atoms with E-state index in [-0.39, 0.29) is 0 Å². The first-order valence-corrected chi connectivity index (χ1v) is 4.18. The second-order valence-electron chi connectivity index (χ2n) is 3.38. The molecule has 2 rings (SSSR count). The molecule has 1 aliphatic heterocycles. The van der Waals surface area contributed by atoms with Crippen LogP contribution >= 0.6 is 0 Å². The molecule has 0 aromatic rings. The van der Waals surface area contributed by atoms with Crippen molar-refractivity contribution in [2.75, 3.05) is 13.7 Å². The van der Waals surface area contributed by atoms with Crippen LogP contribution in [0.25, 0.3) is 0 Å². The Morgan fingerprint density at radius 2 is 2.10 bits per heavy atom. The maximum atomic E-state index is 5.36. The lowest BCUT2D eigenvalue weighted by atomic mass is 10.1. The van der Waals surface area contributed by atoms with Gasteiger partial charge in [0, 0.05) is 13.2 Å². The molecule has 2 aliphatic rings. The molecule has 58 valence electrons. The summed E-state index contributed by atoms with van der Waals surface area (Å²) < 4.78 is 5.36. The largest absolute Gasteiger partial charge is 0.380 e. The highest BCUT2D eigenvalue weighted by atomic mass is 16.5. The normalized spacial score (nSPS) is 40.5. The molecule has 1 heterocycles. The van der Waals surface area contributed by atoms with Crippen LogP contribution in [-0.4, -0.2) is 25.8 Å². The molecule has 0 spiro atoms. The van der Waals surface area contributed by atoms with E-state index >= 15 is 0 Å². The predicted octanol–water partition coefficient (Wildman–Crippen LogP) is 0.773. The van der Waals surface area contributed by atoms with Crippen molar-refractivity contribution in [1.82, 2.24) is 5.32 Å². The highest BCUT2D eigenvalue weighted by molar-refractivity contribution is 4.95. The van der Waals surface area contributed by atoms with Gasteiger partial charge in [-0.25, -0.2) is 0 Å². The highest BCUT2D eigenvalue weighted by Crippen LogP contribution is 2.36. The first kappa shape index (κ1) is 6.62. The van der Waals surface area contributed by atoms with Gasteiger partial charge in [-0.1, -0.05) is 0 Å². The van der Waals surface area contributed by atoms with Crippen LogP contribution in [0.4, 0.5) is 0 Å². The topological polar surface area (TPSA) is 21.3 Å². The number of ether oxygens (including phenoxy) is 1. The van der Waals surface area contributed by atoms with Gasteiger partial charge < -0.3 is 10.1 Å². The highest BCUT2D eigenvalue weighted by Gasteiger charge is 2.39. The van der Waals surface area contributed by atoms with Crippen molar-refractivity contribution in [2.45, 2.75) is 31.4 Å². The Morgan fingerprint density at radius 3 is 2.70 bits per heavy atom. The average Bonchev–Trinajstić information content (AvgIpc) is 2.69. The Bertz CT molecular complexity index is 122. The molecule has 0 unspecified atom stereocenters. The van der Waals surface area contributed by atoms with E-state index in [9.17, 15) is 0 Å². The van der Waals surface area contributed by atoms with Gasteiger partial charge >= 0.3 is 0 Å². The summed E-state index contributed by atoms with van der Waals surface area (Å²) in [7, 11) is 1.83. The molecule has 0 amide bonds. The van der Waals surface area contributed by atoms with Crippen LogP contribution in [0.2, 0.25) is 0 Å². The number of methoxy groups -OCH3 is 1. The van der Waals surface area contributed by atoms with Crippen LogP contribution < -0.4 is 5.32 Å². The quantitative estimate of drug-likeness (QED) is 0.613. The summed E-state index contributed by atoms with van der Waals surface area (Å²) in [4.78, 5) is 0.